The van der Waals surface area contributed by atoms with Crippen molar-refractivity contribution in [2.45, 2.75) is 31.8 Å². The molecule has 2 heterocycles. The third kappa shape index (κ3) is 3.56. The maximum absolute atomic E-state index is 13.7. The van der Waals surface area contributed by atoms with Crippen LogP contribution in [0.1, 0.15) is 42.1 Å². The Bertz CT molecular complexity index is 657. The van der Waals surface area contributed by atoms with Crippen LogP contribution < -0.4 is 0 Å². The number of aryl methyl sites for hydroxylation is 1. The van der Waals surface area contributed by atoms with Crippen LogP contribution in [0.2, 0.25) is 0 Å². The predicted octanol–water partition coefficient (Wildman–Crippen LogP) is 2.57. The zero-order valence-electron chi connectivity index (χ0n) is 12.9. The summed E-state index contributed by atoms with van der Waals surface area (Å²) in [5, 5.41) is 14.0. The minimum absolute atomic E-state index is 0.0858. The molecule has 23 heavy (non-hydrogen) atoms. The van der Waals surface area contributed by atoms with Gasteiger partial charge in [-0.25, -0.2) is 8.78 Å². The first-order valence-corrected chi connectivity index (χ1v) is 7.69. The molecule has 1 saturated heterocycles. The molecule has 0 aliphatic carbocycles. The fourth-order valence-corrected chi connectivity index (χ4v) is 3.07. The SMILES string of the molecule is Cc1noc(C2CCCN(CC(O)c3c(F)cccc3F)C2)n1. The summed E-state index contributed by atoms with van der Waals surface area (Å²) in [5.74, 6) is -0.191. The fourth-order valence-electron chi connectivity index (χ4n) is 3.07. The second-order valence-corrected chi connectivity index (χ2v) is 5.93. The Morgan fingerprint density at radius 1 is 1.39 bits per heavy atom. The molecule has 1 aliphatic rings. The first kappa shape index (κ1) is 16.0. The topological polar surface area (TPSA) is 62.4 Å². The lowest BCUT2D eigenvalue weighted by molar-refractivity contribution is 0.0863. The number of aliphatic hydroxyl groups is 1. The van der Waals surface area contributed by atoms with Crippen LogP contribution >= 0.6 is 0 Å². The molecule has 1 aliphatic heterocycles. The normalized spacial score (nSPS) is 20.6. The molecule has 1 aromatic carbocycles. The highest BCUT2D eigenvalue weighted by molar-refractivity contribution is 5.22. The van der Waals surface area contributed by atoms with Crippen LogP contribution in [-0.4, -0.2) is 39.8 Å². The molecule has 0 radical (unpaired) electrons. The molecule has 0 saturated carbocycles. The van der Waals surface area contributed by atoms with Gasteiger partial charge in [-0.05, 0) is 38.4 Å². The summed E-state index contributed by atoms with van der Waals surface area (Å²) in [5.41, 5.74) is -0.275. The van der Waals surface area contributed by atoms with Crippen LogP contribution in [0.15, 0.2) is 22.7 Å². The molecule has 2 aromatic rings. The molecular weight excluding hydrogens is 304 g/mol. The van der Waals surface area contributed by atoms with Gasteiger partial charge in [-0.3, -0.25) is 4.90 Å². The lowest BCUT2D eigenvalue weighted by atomic mass is 9.97. The third-order valence-electron chi connectivity index (χ3n) is 4.16. The van der Waals surface area contributed by atoms with E-state index in [4.69, 9.17) is 4.52 Å². The third-order valence-corrected chi connectivity index (χ3v) is 4.16. The number of halogens is 2. The summed E-state index contributed by atoms with van der Waals surface area (Å²) < 4.78 is 32.7. The van der Waals surface area contributed by atoms with Crippen molar-refractivity contribution in [3.63, 3.8) is 0 Å². The average molecular weight is 323 g/mol. The molecule has 1 N–H and O–H groups in total. The van der Waals surface area contributed by atoms with Crippen molar-refractivity contribution in [3.05, 3.63) is 47.1 Å². The van der Waals surface area contributed by atoms with Gasteiger partial charge >= 0.3 is 0 Å². The highest BCUT2D eigenvalue weighted by atomic mass is 19.1. The van der Waals surface area contributed by atoms with Gasteiger partial charge in [-0.2, -0.15) is 4.98 Å². The summed E-state index contributed by atoms with van der Waals surface area (Å²) in [4.78, 5) is 6.22. The Morgan fingerprint density at radius 3 is 2.78 bits per heavy atom. The molecule has 2 atom stereocenters. The van der Waals surface area contributed by atoms with Gasteiger partial charge in [0.25, 0.3) is 0 Å². The first-order chi connectivity index (χ1) is 11.0. The molecule has 1 fully saturated rings. The summed E-state index contributed by atoms with van der Waals surface area (Å²) in [6.07, 6.45) is 0.611. The maximum Gasteiger partial charge on any atom is 0.231 e. The van der Waals surface area contributed by atoms with E-state index in [0.29, 0.717) is 18.3 Å². The van der Waals surface area contributed by atoms with Crippen molar-refractivity contribution in [1.29, 1.82) is 0 Å². The van der Waals surface area contributed by atoms with Crippen LogP contribution in [0.25, 0.3) is 0 Å². The van der Waals surface area contributed by atoms with Crippen molar-refractivity contribution < 1.29 is 18.4 Å². The van der Waals surface area contributed by atoms with Crippen molar-refractivity contribution >= 4 is 0 Å². The van der Waals surface area contributed by atoms with Crippen LogP contribution in [0.3, 0.4) is 0 Å². The number of aromatic nitrogens is 2. The highest BCUT2D eigenvalue weighted by Crippen LogP contribution is 2.28. The minimum atomic E-state index is -1.21. The standard InChI is InChI=1S/C16H19F2N3O2/c1-10-19-16(23-20-10)11-4-3-7-21(8-11)9-14(22)15-12(17)5-2-6-13(15)18/h2,5-6,11,14,22H,3-4,7-9H2,1H3. The number of hydrogen-bond donors (Lipinski definition) is 1. The van der Waals surface area contributed by atoms with E-state index in [1.54, 1.807) is 6.92 Å². The minimum Gasteiger partial charge on any atom is -0.387 e. The van der Waals surface area contributed by atoms with Gasteiger partial charge in [0.2, 0.25) is 5.89 Å². The van der Waals surface area contributed by atoms with E-state index in [0.717, 1.165) is 31.5 Å². The zero-order chi connectivity index (χ0) is 16.4. The van der Waals surface area contributed by atoms with Crippen molar-refractivity contribution in [3.8, 4) is 0 Å². The number of benzene rings is 1. The van der Waals surface area contributed by atoms with Crippen molar-refractivity contribution in [2.24, 2.45) is 0 Å². The lowest BCUT2D eigenvalue weighted by Gasteiger charge is -2.32. The number of piperidine rings is 1. The molecule has 2 unspecified atom stereocenters. The molecule has 5 nitrogen and oxygen atoms in total. The van der Waals surface area contributed by atoms with Crippen molar-refractivity contribution in [2.75, 3.05) is 19.6 Å². The summed E-state index contributed by atoms with van der Waals surface area (Å²) in [7, 11) is 0. The van der Waals surface area contributed by atoms with Gasteiger partial charge in [0.05, 0.1) is 17.6 Å². The van der Waals surface area contributed by atoms with Gasteiger partial charge in [0, 0.05) is 13.1 Å². The van der Waals surface area contributed by atoms with E-state index in [9.17, 15) is 13.9 Å². The Balaban J connectivity index is 1.68. The van der Waals surface area contributed by atoms with E-state index < -0.39 is 17.7 Å². The smallest absolute Gasteiger partial charge is 0.231 e. The molecular formula is C16H19F2N3O2. The van der Waals surface area contributed by atoms with Crippen LogP contribution in [-0.2, 0) is 0 Å². The molecule has 0 amide bonds. The number of aliphatic hydroxyl groups excluding tert-OH is 1. The van der Waals surface area contributed by atoms with E-state index in [2.05, 4.69) is 10.1 Å². The zero-order valence-corrected chi connectivity index (χ0v) is 12.9. The van der Waals surface area contributed by atoms with Gasteiger partial charge in [-0.1, -0.05) is 11.2 Å². The number of likely N-dealkylation sites (tertiary alicyclic amines) is 1. The maximum atomic E-state index is 13.7. The van der Waals surface area contributed by atoms with Gasteiger partial charge < -0.3 is 9.63 Å². The quantitative estimate of drug-likeness (QED) is 0.937. The monoisotopic (exact) mass is 323 g/mol. The van der Waals surface area contributed by atoms with Gasteiger partial charge in [0.15, 0.2) is 5.82 Å². The fraction of sp³-hybridized carbons (Fsp3) is 0.500. The van der Waals surface area contributed by atoms with Crippen LogP contribution in [0.4, 0.5) is 8.78 Å². The lowest BCUT2D eigenvalue weighted by Crippen LogP contribution is -2.37. The second-order valence-electron chi connectivity index (χ2n) is 5.93. The predicted molar refractivity (Wildman–Crippen MR) is 78.8 cm³/mol. The van der Waals surface area contributed by atoms with E-state index in [-0.39, 0.29) is 18.0 Å². The van der Waals surface area contributed by atoms with Crippen LogP contribution in [0, 0.1) is 18.6 Å². The van der Waals surface area contributed by atoms with Crippen LogP contribution in [0.5, 0.6) is 0 Å². The first-order valence-electron chi connectivity index (χ1n) is 7.69. The summed E-state index contributed by atoms with van der Waals surface area (Å²) in [6.45, 7) is 3.31. The Morgan fingerprint density at radius 2 is 2.13 bits per heavy atom. The number of hydrogen-bond acceptors (Lipinski definition) is 5. The molecule has 1 aromatic heterocycles. The average Bonchev–Trinajstić information content (AvgIpc) is 2.94. The molecule has 124 valence electrons. The van der Waals surface area contributed by atoms with E-state index >= 15 is 0 Å². The number of β-amino-alcohol motifs (C(OH)–C–C–N with tert-alkyl or cyclic N) is 1. The molecule has 0 spiro atoms. The summed E-state index contributed by atoms with van der Waals surface area (Å²) >= 11 is 0. The summed E-state index contributed by atoms with van der Waals surface area (Å²) in [6, 6.07) is 3.60. The number of nitrogens with zero attached hydrogens (tertiary/aromatic N) is 3. The second kappa shape index (κ2) is 6.72. The molecule has 7 heteroatoms. The largest absolute Gasteiger partial charge is 0.387 e. The molecule has 3 rings (SSSR count). The van der Waals surface area contributed by atoms with E-state index in [1.165, 1.54) is 6.07 Å². The van der Waals surface area contributed by atoms with E-state index in [1.807, 2.05) is 4.90 Å². The Hall–Kier alpha value is -1.86. The highest BCUT2D eigenvalue weighted by Gasteiger charge is 2.28. The number of rotatable bonds is 4. The molecule has 0 bridgehead atoms. The van der Waals surface area contributed by atoms with Gasteiger partial charge in [0.1, 0.15) is 11.6 Å². The Kier molecular flexibility index (Phi) is 4.68. The van der Waals surface area contributed by atoms with Gasteiger partial charge in [-0.15, -0.1) is 0 Å². The Labute approximate surface area is 132 Å². The van der Waals surface area contributed by atoms with Crippen molar-refractivity contribution in [1.82, 2.24) is 15.0 Å².